The predicted octanol–water partition coefficient (Wildman–Crippen LogP) is 17.4. The average Bonchev–Trinajstić information content (AvgIpc) is 3.93. The second-order valence-electron chi connectivity index (χ2n) is 19.5. The number of benzene rings is 8. The predicted molar refractivity (Wildman–Crippen MR) is 265 cm³/mol. The molecule has 2 aliphatic rings. The fraction of sp³-hybridized carbons (Fsp3) is 0.186. The molecule has 0 N–H and O–H groups in total. The van der Waals surface area contributed by atoms with Crippen LogP contribution in [0.1, 0.15) is 76.6 Å². The van der Waals surface area contributed by atoms with Crippen LogP contribution in [0.5, 0.6) is 0 Å². The first kappa shape index (κ1) is 37.4. The van der Waals surface area contributed by atoms with Gasteiger partial charge in [0, 0.05) is 47.7 Å². The molecule has 0 atom stereocenters. The Labute approximate surface area is 368 Å². The van der Waals surface area contributed by atoms with Crippen molar-refractivity contribution in [2.45, 2.75) is 70.6 Å². The first-order valence-electron chi connectivity index (χ1n) is 22.1. The van der Waals surface area contributed by atoms with Crippen LogP contribution < -0.4 is 4.90 Å². The molecule has 12 rings (SSSR count). The second-order valence-corrected chi connectivity index (χ2v) is 20.6. The molecule has 0 unspecified atom stereocenters. The summed E-state index contributed by atoms with van der Waals surface area (Å²) in [6.07, 6.45) is 2.34. The largest absolute Gasteiger partial charge is 0.456 e. The van der Waals surface area contributed by atoms with E-state index in [4.69, 9.17) is 4.42 Å². The third-order valence-electron chi connectivity index (χ3n) is 14.5. The lowest BCUT2D eigenvalue weighted by molar-refractivity contribution is 0.332. The van der Waals surface area contributed by atoms with Gasteiger partial charge >= 0.3 is 0 Å². The van der Waals surface area contributed by atoms with Gasteiger partial charge in [-0.15, -0.1) is 11.3 Å². The third-order valence-corrected chi connectivity index (χ3v) is 15.7. The lowest BCUT2D eigenvalue weighted by Gasteiger charge is -2.41. The zero-order valence-corrected chi connectivity index (χ0v) is 37.1. The highest BCUT2D eigenvalue weighted by molar-refractivity contribution is 7.26. The number of hydrogen-bond donors (Lipinski definition) is 0. The number of thiophene rings is 1. The van der Waals surface area contributed by atoms with E-state index >= 15 is 0 Å². The summed E-state index contributed by atoms with van der Waals surface area (Å²) in [5.74, 6) is 0. The van der Waals surface area contributed by atoms with Gasteiger partial charge in [-0.25, -0.2) is 0 Å². The summed E-state index contributed by atoms with van der Waals surface area (Å²) >= 11 is 1.87. The Bertz CT molecular complexity index is 3470. The molecular formula is C59H49NOS. The molecule has 10 aromatic rings. The van der Waals surface area contributed by atoms with Gasteiger partial charge < -0.3 is 9.32 Å². The van der Waals surface area contributed by atoms with Crippen molar-refractivity contribution in [3.8, 4) is 33.4 Å². The Balaban J connectivity index is 1.06. The van der Waals surface area contributed by atoms with E-state index in [0.29, 0.717) is 0 Å². The van der Waals surface area contributed by atoms with Crippen LogP contribution in [0.15, 0.2) is 168 Å². The fourth-order valence-corrected chi connectivity index (χ4v) is 12.2. The van der Waals surface area contributed by atoms with Crippen molar-refractivity contribution in [3.05, 3.63) is 186 Å². The van der Waals surface area contributed by atoms with Crippen LogP contribution in [0.25, 0.3) is 75.5 Å². The molecule has 8 aromatic carbocycles. The summed E-state index contributed by atoms with van der Waals surface area (Å²) in [5, 5.41) is 4.96. The Morgan fingerprint density at radius 2 is 1.08 bits per heavy atom. The highest BCUT2D eigenvalue weighted by Gasteiger charge is 2.38. The van der Waals surface area contributed by atoms with Crippen molar-refractivity contribution in [1.29, 1.82) is 0 Å². The first-order chi connectivity index (χ1) is 30.0. The maximum atomic E-state index is 6.76. The van der Waals surface area contributed by atoms with Crippen LogP contribution in [-0.2, 0) is 16.2 Å². The van der Waals surface area contributed by atoms with Gasteiger partial charge in [0.1, 0.15) is 11.2 Å². The summed E-state index contributed by atoms with van der Waals surface area (Å²) in [5.41, 5.74) is 18.5. The van der Waals surface area contributed by atoms with Gasteiger partial charge in [-0.05, 0) is 140 Å². The lowest BCUT2D eigenvalue weighted by atomic mass is 9.63. The van der Waals surface area contributed by atoms with Crippen molar-refractivity contribution < 1.29 is 4.42 Å². The summed E-state index contributed by atoms with van der Waals surface area (Å²) in [4.78, 5) is 2.50. The normalized spacial score (nSPS) is 15.8. The van der Waals surface area contributed by atoms with Gasteiger partial charge in [-0.2, -0.15) is 0 Å². The molecule has 0 saturated carbocycles. The van der Waals surface area contributed by atoms with E-state index in [0.717, 1.165) is 22.5 Å². The minimum atomic E-state index is -0.126. The molecule has 0 bridgehead atoms. The van der Waals surface area contributed by atoms with E-state index in [9.17, 15) is 0 Å². The van der Waals surface area contributed by atoms with Crippen molar-refractivity contribution in [3.63, 3.8) is 0 Å². The summed E-state index contributed by atoms with van der Waals surface area (Å²) < 4.78 is 9.35. The maximum absolute atomic E-state index is 6.76. The number of fused-ring (bicyclic) bond motifs is 10. The Morgan fingerprint density at radius 3 is 1.92 bits per heavy atom. The maximum Gasteiger partial charge on any atom is 0.136 e. The van der Waals surface area contributed by atoms with Crippen LogP contribution in [-0.4, -0.2) is 0 Å². The SMILES string of the molecule is CC1(C)CCC(C)(C)c2cc3c(cc21)oc1cccc(-c2ccccc2-c2cccc(N(c4ccc5c(c4)C(C)(C)c4ccccc4-5)c4cccc5sc6ccccc6c45)c2)c13. The van der Waals surface area contributed by atoms with Crippen molar-refractivity contribution in [2.75, 3.05) is 4.90 Å². The number of furan rings is 1. The summed E-state index contributed by atoms with van der Waals surface area (Å²) in [7, 11) is 0. The highest BCUT2D eigenvalue weighted by atomic mass is 32.1. The number of hydrogen-bond acceptors (Lipinski definition) is 3. The number of nitrogens with zero attached hydrogens (tertiary/aromatic N) is 1. The smallest absolute Gasteiger partial charge is 0.136 e. The van der Waals surface area contributed by atoms with Gasteiger partial charge in [0.05, 0.1) is 5.69 Å². The van der Waals surface area contributed by atoms with Gasteiger partial charge in [-0.3, -0.25) is 0 Å². The van der Waals surface area contributed by atoms with Crippen molar-refractivity contribution in [1.82, 2.24) is 0 Å². The topological polar surface area (TPSA) is 16.4 Å². The Hall–Kier alpha value is -6.42. The molecule has 0 saturated heterocycles. The molecule has 2 aliphatic carbocycles. The van der Waals surface area contributed by atoms with E-state index in [2.05, 4.69) is 210 Å². The molecule has 2 aromatic heterocycles. The molecule has 0 aliphatic heterocycles. The molecule has 0 fully saturated rings. The van der Waals surface area contributed by atoms with Crippen molar-refractivity contribution >= 4 is 70.5 Å². The zero-order valence-electron chi connectivity index (χ0n) is 36.3. The average molecular weight is 820 g/mol. The van der Waals surface area contributed by atoms with Crippen LogP contribution in [0.3, 0.4) is 0 Å². The standard InChI is InChI=1S/C59H49NOS/c1-57(2)30-31-58(3,4)49-35-52-45(34-48(49)57)55-43(22-14-25-51(55)61-52)40-19-8-7-18-39(40)36-16-13-17-37(32-36)60(50-24-15-27-54-56(50)44-21-10-12-26-53(44)62-54)38-28-29-42-41-20-9-11-23-46(41)59(5,6)47(42)33-38/h7-29,32-35H,30-31H2,1-6H3. The minimum Gasteiger partial charge on any atom is -0.456 e. The number of rotatable bonds is 5. The lowest BCUT2D eigenvalue weighted by Crippen LogP contribution is -2.33. The highest BCUT2D eigenvalue weighted by Crippen LogP contribution is 2.53. The fourth-order valence-electron chi connectivity index (χ4n) is 11.1. The molecule has 2 heterocycles. The molecule has 3 heteroatoms. The van der Waals surface area contributed by atoms with E-state index in [-0.39, 0.29) is 16.2 Å². The summed E-state index contributed by atoms with van der Waals surface area (Å²) in [6, 6.07) is 61.2. The number of anilines is 3. The monoisotopic (exact) mass is 819 g/mol. The molecule has 0 amide bonds. The van der Waals surface area contributed by atoms with Gasteiger partial charge in [-0.1, -0.05) is 145 Å². The summed E-state index contributed by atoms with van der Waals surface area (Å²) in [6.45, 7) is 14.3. The molecule has 0 spiro atoms. The molecular weight excluding hydrogens is 771 g/mol. The van der Waals surface area contributed by atoms with Gasteiger partial charge in [0.25, 0.3) is 0 Å². The Kier molecular flexibility index (Phi) is 8.01. The van der Waals surface area contributed by atoms with Gasteiger partial charge in [0.15, 0.2) is 0 Å². The minimum absolute atomic E-state index is 0.0972. The van der Waals surface area contributed by atoms with E-state index < -0.39 is 0 Å². The third kappa shape index (κ3) is 5.47. The molecule has 62 heavy (non-hydrogen) atoms. The Morgan fingerprint density at radius 1 is 0.435 bits per heavy atom. The van der Waals surface area contributed by atoms with Crippen LogP contribution in [0.2, 0.25) is 0 Å². The van der Waals surface area contributed by atoms with Crippen molar-refractivity contribution in [2.24, 2.45) is 0 Å². The van der Waals surface area contributed by atoms with Gasteiger partial charge in [0.2, 0.25) is 0 Å². The quantitative estimate of drug-likeness (QED) is 0.172. The first-order valence-corrected chi connectivity index (χ1v) is 22.9. The van der Waals surface area contributed by atoms with Crippen LogP contribution >= 0.6 is 11.3 Å². The van der Waals surface area contributed by atoms with E-state index in [1.54, 1.807) is 0 Å². The second kappa shape index (κ2) is 13.3. The zero-order chi connectivity index (χ0) is 42.1. The van der Waals surface area contributed by atoms with E-state index in [1.165, 1.54) is 105 Å². The van der Waals surface area contributed by atoms with E-state index in [1.807, 2.05) is 11.3 Å². The van der Waals surface area contributed by atoms with Crippen LogP contribution in [0, 0.1) is 0 Å². The van der Waals surface area contributed by atoms with Crippen LogP contribution in [0.4, 0.5) is 17.1 Å². The molecule has 302 valence electrons. The molecule has 2 nitrogen and oxygen atoms in total. The molecule has 0 radical (unpaired) electrons.